The highest BCUT2D eigenvalue weighted by Crippen LogP contribution is 2.37. The van der Waals surface area contributed by atoms with E-state index in [-0.39, 0.29) is 11.3 Å². The highest BCUT2D eigenvalue weighted by Gasteiger charge is 2.35. The molecule has 1 aliphatic heterocycles. The molecule has 6 nitrogen and oxygen atoms in total. The van der Waals surface area contributed by atoms with Crippen LogP contribution in [0.3, 0.4) is 0 Å². The zero-order valence-corrected chi connectivity index (χ0v) is 22.0. The number of nitrogens with zero attached hydrogens (tertiary/aromatic N) is 3. The van der Waals surface area contributed by atoms with Gasteiger partial charge < -0.3 is 10.0 Å². The van der Waals surface area contributed by atoms with Crippen molar-refractivity contribution >= 4 is 57.8 Å². The van der Waals surface area contributed by atoms with Crippen LogP contribution in [0, 0.1) is 0 Å². The summed E-state index contributed by atoms with van der Waals surface area (Å²) >= 11 is 1.48. The van der Waals surface area contributed by atoms with Crippen molar-refractivity contribution < 1.29 is 14.7 Å². The van der Waals surface area contributed by atoms with E-state index in [0.717, 1.165) is 37.4 Å². The van der Waals surface area contributed by atoms with Crippen LogP contribution in [0.15, 0.2) is 138 Å². The maximum atomic E-state index is 13.1. The second-order valence-corrected chi connectivity index (χ2v) is 10.1. The van der Waals surface area contributed by atoms with E-state index in [1.807, 2.05) is 54.6 Å². The summed E-state index contributed by atoms with van der Waals surface area (Å²) in [6.45, 7) is 0. The fourth-order valence-corrected chi connectivity index (χ4v) is 5.51. The first kappa shape index (κ1) is 25.0. The van der Waals surface area contributed by atoms with Crippen LogP contribution < -0.4 is 9.91 Å². The predicted molar refractivity (Wildman–Crippen MR) is 161 cm³/mol. The Bertz CT molecular complexity index is 1690. The van der Waals surface area contributed by atoms with Crippen LogP contribution in [-0.2, 0) is 9.59 Å². The number of amides is 1. The molecule has 0 unspecified atom stereocenters. The molecular formula is C33H23N3O3S. The summed E-state index contributed by atoms with van der Waals surface area (Å²) in [5, 5.41) is 14.9. The van der Waals surface area contributed by atoms with Gasteiger partial charge in [0, 0.05) is 26.8 Å². The average molecular weight is 542 g/mol. The molecule has 7 heteroatoms. The van der Waals surface area contributed by atoms with Crippen molar-refractivity contribution in [3.63, 3.8) is 0 Å². The molecule has 0 saturated heterocycles. The number of thiophene rings is 1. The standard InChI is InChI=1S/C33H23N3O3S/c37-32-29(31(33(38)39)34-36(32)27-14-8-3-9-15-27)22-28-20-21-30(40-28)23-16-18-26(19-17-23)35(24-10-4-1-5-11-24)25-12-6-2-7-13-25/h1-22H,(H,38,39). The minimum Gasteiger partial charge on any atom is -0.476 e. The number of rotatable bonds is 7. The maximum Gasteiger partial charge on any atom is 0.357 e. The minimum absolute atomic E-state index is 0.0569. The molecule has 0 bridgehead atoms. The highest BCUT2D eigenvalue weighted by molar-refractivity contribution is 7.16. The molecule has 40 heavy (non-hydrogen) atoms. The van der Waals surface area contributed by atoms with Crippen molar-refractivity contribution in [1.82, 2.24) is 0 Å². The SMILES string of the molecule is O=C(O)C1=NN(c2ccccc2)C(=O)C1=Cc1ccc(-c2ccc(N(c3ccccc3)c3ccccc3)cc2)s1. The summed E-state index contributed by atoms with van der Waals surface area (Å²) < 4.78 is 0. The van der Waals surface area contributed by atoms with E-state index < -0.39 is 11.9 Å². The number of hydrazone groups is 1. The molecule has 0 aliphatic carbocycles. The summed E-state index contributed by atoms with van der Waals surface area (Å²) in [5.74, 6) is -1.71. The van der Waals surface area contributed by atoms with E-state index in [0.29, 0.717) is 5.69 Å². The number of carboxylic acids is 1. The first-order chi connectivity index (χ1) is 19.6. The summed E-state index contributed by atoms with van der Waals surface area (Å²) in [6, 6.07) is 41.4. The Morgan fingerprint density at radius 1 is 0.725 bits per heavy atom. The predicted octanol–water partition coefficient (Wildman–Crippen LogP) is 7.76. The Kier molecular flexibility index (Phi) is 6.78. The summed E-state index contributed by atoms with van der Waals surface area (Å²) in [5.41, 5.74) is 4.48. The monoisotopic (exact) mass is 541 g/mol. The van der Waals surface area contributed by atoms with Crippen molar-refractivity contribution in [2.45, 2.75) is 0 Å². The number of hydrogen-bond acceptors (Lipinski definition) is 5. The van der Waals surface area contributed by atoms with Crippen LogP contribution in [0.5, 0.6) is 0 Å². The van der Waals surface area contributed by atoms with Gasteiger partial charge in [0.05, 0.1) is 11.3 Å². The van der Waals surface area contributed by atoms with Gasteiger partial charge in [0.15, 0.2) is 5.71 Å². The topological polar surface area (TPSA) is 73.2 Å². The third kappa shape index (κ3) is 4.93. The molecule has 0 saturated carbocycles. The lowest BCUT2D eigenvalue weighted by atomic mass is 10.1. The largest absolute Gasteiger partial charge is 0.476 e. The molecule has 1 amide bonds. The molecule has 0 fully saturated rings. The molecule has 0 spiro atoms. The van der Waals surface area contributed by atoms with E-state index >= 15 is 0 Å². The lowest BCUT2D eigenvalue weighted by Gasteiger charge is -2.25. The molecule has 0 atom stereocenters. The van der Waals surface area contributed by atoms with Gasteiger partial charge in [-0.15, -0.1) is 11.3 Å². The van der Waals surface area contributed by atoms with Gasteiger partial charge in [-0.2, -0.15) is 10.1 Å². The lowest BCUT2D eigenvalue weighted by Crippen LogP contribution is -2.22. The lowest BCUT2D eigenvalue weighted by molar-refractivity contribution is -0.129. The number of carbonyl (C=O) groups excluding carboxylic acids is 1. The zero-order valence-electron chi connectivity index (χ0n) is 21.2. The molecule has 6 rings (SSSR count). The summed E-state index contributed by atoms with van der Waals surface area (Å²) in [7, 11) is 0. The fourth-order valence-electron chi connectivity index (χ4n) is 4.55. The highest BCUT2D eigenvalue weighted by atomic mass is 32.1. The number of hydrogen-bond donors (Lipinski definition) is 1. The Morgan fingerprint density at radius 2 is 1.27 bits per heavy atom. The second-order valence-electron chi connectivity index (χ2n) is 9.02. The normalized spacial score (nSPS) is 13.9. The second kappa shape index (κ2) is 10.8. The van der Waals surface area contributed by atoms with Crippen LogP contribution in [0.1, 0.15) is 4.88 Å². The molecule has 5 aromatic rings. The van der Waals surface area contributed by atoms with Crippen molar-refractivity contribution in [2.75, 3.05) is 9.91 Å². The van der Waals surface area contributed by atoms with E-state index in [2.05, 4.69) is 58.5 Å². The van der Waals surface area contributed by atoms with Gasteiger partial charge in [-0.1, -0.05) is 66.7 Å². The minimum atomic E-state index is -1.24. The molecule has 194 valence electrons. The first-order valence-electron chi connectivity index (χ1n) is 12.6. The zero-order chi connectivity index (χ0) is 27.5. The van der Waals surface area contributed by atoms with Crippen LogP contribution in [0.2, 0.25) is 0 Å². The van der Waals surface area contributed by atoms with Crippen molar-refractivity contribution in [3.8, 4) is 10.4 Å². The Hall–Kier alpha value is -5.27. The number of benzene rings is 4. The van der Waals surface area contributed by atoms with Gasteiger partial charge in [0.1, 0.15) is 0 Å². The summed E-state index contributed by atoms with van der Waals surface area (Å²) in [4.78, 5) is 29.0. The smallest absolute Gasteiger partial charge is 0.357 e. The van der Waals surface area contributed by atoms with E-state index in [1.54, 1.807) is 30.3 Å². The maximum absolute atomic E-state index is 13.1. The van der Waals surface area contributed by atoms with Crippen LogP contribution in [0.25, 0.3) is 16.5 Å². The van der Waals surface area contributed by atoms with Crippen molar-refractivity contribution in [2.24, 2.45) is 5.10 Å². The van der Waals surface area contributed by atoms with Crippen molar-refractivity contribution in [1.29, 1.82) is 0 Å². The Balaban J connectivity index is 1.28. The first-order valence-corrected chi connectivity index (χ1v) is 13.4. The number of carbonyl (C=O) groups is 2. The Labute approximate surface area is 235 Å². The van der Waals surface area contributed by atoms with Gasteiger partial charge >= 0.3 is 5.97 Å². The van der Waals surface area contributed by atoms with Gasteiger partial charge in [-0.05, 0) is 72.3 Å². The van der Waals surface area contributed by atoms with Gasteiger partial charge in [-0.25, -0.2) is 4.79 Å². The van der Waals surface area contributed by atoms with Gasteiger partial charge in [0.2, 0.25) is 0 Å². The number of anilines is 4. The van der Waals surface area contributed by atoms with Crippen LogP contribution >= 0.6 is 11.3 Å². The molecule has 2 heterocycles. The van der Waals surface area contributed by atoms with E-state index in [1.165, 1.54) is 11.3 Å². The number of aliphatic carboxylic acids is 1. The van der Waals surface area contributed by atoms with Crippen LogP contribution in [0.4, 0.5) is 22.7 Å². The molecular weight excluding hydrogens is 518 g/mol. The molecule has 1 aliphatic rings. The Morgan fingerprint density at radius 3 is 1.85 bits per heavy atom. The molecule has 1 N–H and O–H groups in total. The molecule has 4 aromatic carbocycles. The third-order valence-corrected chi connectivity index (χ3v) is 7.51. The quantitative estimate of drug-likeness (QED) is 0.214. The van der Waals surface area contributed by atoms with Crippen LogP contribution in [-0.4, -0.2) is 22.7 Å². The van der Waals surface area contributed by atoms with Gasteiger partial charge in [-0.3, -0.25) is 4.79 Å². The number of para-hydroxylation sites is 3. The van der Waals surface area contributed by atoms with Crippen molar-refractivity contribution in [3.05, 3.63) is 138 Å². The van der Waals surface area contributed by atoms with E-state index in [4.69, 9.17) is 0 Å². The average Bonchev–Trinajstić information content (AvgIpc) is 3.60. The van der Waals surface area contributed by atoms with Gasteiger partial charge in [0.25, 0.3) is 5.91 Å². The number of carboxylic acid groups (broad SMARTS) is 1. The third-order valence-electron chi connectivity index (χ3n) is 6.43. The van der Waals surface area contributed by atoms with E-state index in [9.17, 15) is 14.7 Å². The molecule has 1 aromatic heterocycles. The molecule has 0 radical (unpaired) electrons. The fraction of sp³-hybridized carbons (Fsp3) is 0. The summed E-state index contributed by atoms with van der Waals surface area (Å²) in [6.07, 6.45) is 1.60.